The van der Waals surface area contributed by atoms with Crippen LogP contribution in [0.3, 0.4) is 0 Å². The van der Waals surface area contributed by atoms with Crippen molar-refractivity contribution in [1.29, 1.82) is 0 Å². The predicted octanol–water partition coefficient (Wildman–Crippen LogP) is 2.30. The highest BCUT2D eigenvalue weighted by Gasteiger charge is 2.39. The Labute approximate surface area is 145 Å². The highest BCUT2D eigenvalue weighted by molar-refractivity contribution is 5.82. The molecule has 130 valence electrons. The zero-order valence-electron chi connectivity index (χ0n) is 14.4. The Morgan fingerprint density at radius 1 is 1.17 bits per heavy atom. The molecule has 2 saturated heterocycles. The van der Waals surface area contributed by atoms with E-state index in [2.05, 4.69) is 45.9 Å². The number of likely N-dealkylation sites (tertiary alicyclic amines) is 1. The summed E-state index contributed by atoms with van der Waals surface area (Å²) in [4.78, 5) is 15.1. The molecule has 1 aromatic carbocycles. The Balaban J connectivity index is 1.25. The number of hydrogen-bond acceptors (Lipinski definition) is 3. The molecule has 0 spiro atoms. The van der Waals surface area contributed by atoms with Crippen molar-refractivity contribution in [3.05, 3.63) is 35.9 Å². The van der Waals surface area contributed by atoms with Crippen LogP contribution >= 0.6 is 0 Å². The van der Waals surface area contributed by atoms with Crippen molar-refractivity contribution >= 4 is 5.91 Å². The lowest BCUT2D eigenvalue weighted by Crippen LogP contribution is -2.47. The van der Waals surface area contributed by atoms with Crippen molar-refractivity contribution in [1.82, 2.24) is 15.5 Å². The number of benzene rings is 1. The van der Waals surface area contributed by atoms with Gasteiger partial charge in [0.05, 0.1) is 6.04 Å². The molecule has 1 amide bonds. The van der Waals surface area contributed by atoms with Crippen LogP contribution in [0, 0.1) is 5.92 Å². The predicted molar refractivity (Wildman–Crippen MR) is 95.6 cm³/mol. The van der Waals surface area contributed by atoms with E-state index in [-0.39, 0.29) is 11.9 Å². The molecule has 2 N–H and O–H groups in total. The van der Waals surface area contributed by atoms with Crippen molar-refractivity contribution in [3.63, 3.8) is 0 Å². The van der Waals surface area contributed by atoms with Gasteiger partial charge in [-0.2, -0.15) is 0 Å². The van der Waals surface area contributed by atoms with Crippen LogP contribution in [0.15, 0.2) is 30.3 Å². The first-order valence-corrected chi connectivity index (χ1v) is 9.60. The number of fused-ring (bicyclic) bond motifs is 1. The summed E-state index contributed by atoms with van der Waals surface area (Å²) in [5.41, 5.74) is 1.35. The van der Waals surface area contributed by atoms with E-state index in [1.807, 2.05) is 0 Å². The summed E-state index contributed by atoms with van der Waals surface area (Å²) in [6.45, 7) is 3.03. The third-order valence-electron chi connectivity index (χ3n) is 6.05. The van der Waals surface area contributed by atoms with Crippen LogP contribution in [0.2, 0.25) is 0 Å². The first-order valence-electron chi connectivity index (χ1n) is 9.60. The monoisotopic (exact) mass is 327 g/mol. The number of nitrogens with zero attached hydrogens (tertiary/aromatic N) is 1. The molecular weight excluding hydrogens is 298 g/mol. The van der Waals surface area contributed by atoms with Gasteiger partial charge in [-0.1, -0.05) is 43.2 Å². The first kappa shape index (κ1) is 16.1. The molecule has 4 nitrogen and oxygen atoms in total. The summed E-state index contributed by atoms with van der Waals surface area (Å²) in [5, 5.41) is 6.90. The molecule has 4 atom stereocenters. The molecule has 2 aliphatic heterocycles. The van der Waals surface area contributed by atoms with E-state index in [1.54, 1.807) is 0 Å². The maximum absolute atomic E-state index is 12.6. The van der Waals surface area contributed by atoms with Crippen LogP contribution in [-0.4, -0.2) is 42.0 Å². The zero-order valence-corrected chi connectivity index (χ0v) is 14.4. The fraction of sp³-hybridized carbons (Fsp3) is 0.650. The van der Waals surface area contributed by atoms with Gasteiger partial charge in [0.1, 0.15) is 0 Å². The van der Waals surface area contributed by atoms with Crippen molar-refractivity contribution < 1.29 is 4.79 Å². The number of hydrogen-bond donors (Lipinski definition) is 2. The molecule has 3 aliphatic rings. The summed E-state index contributed by atoms with van der Waals surface area (Å²) in [6.07, 6.45) is 7.32. The van der Waals surface area contributed by atoms with Gasteiger partial charge in [0.2, 0.25) is 5.91 Å². The molecule has 1 saturated carbocycles. The number of amides is 1. The maximum Gasteiger partial charge on any atom is 0.237 e. The molecule has 1 aliphatic carbocycles. The van der Waals surface area contributed by atoms with E-state index >= 15 is 0 Å². The molecule has 4 rings (SSSR count). The molecule has 0 radical (unpaired) electrons. The number of carbonyl (C=O) groups excluding carboxylic acids is 1. The minimum atomic E-state index is 0.0428. The van der Waals surface area contributed by atoms with E-state index in [0.29, 0.717) is 12.1 Å². The van der Waals surface area contributed by atoms with Gasteiger partial charge in [-0.15, -0.1) is 0 Å². The molecule has 0 aromatic heterocycles. The lowest BCUT2D eigenvalue weighted by Gasteiger charge is -2.24. The molecule has 2 heterocycles. The Bertz CT molecular complexity index is 547. The standard InChI is InChI=1S/C20H29N3O/c24-20(19-12-16-8-4-5-9-18(16)22-19)21-17-10-11-23(14-17)13-15-6-2-1-3-7-15/h1-3,6-7,16-19,22H,4-5,8-14H2,(H,21,24). The van der Waals surface area contributed by atoms with Crippen molar-refractivity contribution in [2.75, 3.05) is 13.1 Å². The molecule has 3 fully saturated rings. The second-order valence-corrected chi connectivity index (χ2v) is 7.82. The zero-order chi connectivity index (χ0) is 16.4. The Hall–Kier alpha value is -1.39. The van der Waals surface area contributed by atoms with E-state index < -0.39 is 0 Å². The first-order chi connectivity index (χ1) is 11.8. The summed E-state index contributed by atoms with van der Waals surface area (Å²) < 4.78 is 0. The quantitative estimate of drug-likeness (QED) is 0.892. The molecule has 1 aromatic rings. The molecule has 4 heteroatoms. The highest BCUT2D eigenvalue weighted by Crippen LogP contribution is 2.33. The number of rotatable bonds is 4. The highest BCUT2D eigenvalue weighted by atomic mass is 16.2. The average molecular weight is 327 g/mol. The van der Waals surface area contributed by atoms with E-state index in [9.17, 15) is 4.79 Å². The van der Waals surface area contributed by atoms with Gasteiger partial charge in [-0.05, 0) is 37.2 Å². The Morgan fingerprint density at radius 2 is 2.00 bits per heavy atom. The fourth-order valence-corrected chi connectivity index (χ4v) is 4.76. The molecule has 4 unspecified atom stereocenters. The average Bonchev–Trinajstić information content (AvgIpc) is 3.22. The van der Waals surface area contributed by atoms with Crippen LogP contribution < -0.4 is 10.6 Å². The third-order valence-corrected chi connectivity index (χ3v) is 6.05. The van der Waals surface area contributed by atoms with Crippen LogP contribution in [0.1, 0.15) is 44.1 Å². The van der Waals surface area contributed by atoms with E-state index in [4.69, 9.17) is 0 Å². The van der Waals surface area contributed by atoms with Gasteiger partial charge in [-0.3, -0.25) is 9.69 Å². The van der Waals surface area contributed by atoms with Gasteiger partial charge in [0, 0.05) is 31.7 Å². The van der Waals surface area contributed by atoms with Crippen LogP contribution in [0.25, 0.3) is 0 Å². The summed E-state index contributed by atoms with van der Waals surface area (Å²) in [7, 11) is 0. The number of carbonyl (C=O) groups is 1. The van der Waals surface area contributed by atoms with Crippen molar-refractivity contribution in [3.8, 4) is 0 Å². The lowest BCUT2D eigenvalue weighted by molar-refractivity contribution is -0.123. The lowest BCUT2D eigenvalue weighted by atomic mass is 9.85. The van der Waals surface area contributed by atoms with E-state index in [0.717, 1.165) is 38.4 Å². The minimum Gasteiger partial charge on any atom is -0.351 e. The van der Waals surface area contributed by atoms with Crippen LogP contribution in [0.5, 0.6) is 0 Å². The van der Waals surface area contributed by atoms with Gasteiger partial charge >= 0.3 is 0 Å². The Kier molecular flexibility index (Phi) is 4.86. The van der Waals surface area contributed by atoms with Crippen molar-refractivity contribution in [2.45, 2.75) is 63.2 Å². The fourth-order valence-electron chi connectivity index (χ4n) is 4.76. The second-order valence-electron chi connectivity index (χ2n) is 7.82. The smallest absolute Gasteiger partial charge is 0.237 e. The van der Waals surface area contributed by atoms with Crippen molar-refractivity contribution in [2.24, 2.45) is 5.92 Å². The summed E-state index contributed by atoms with van der Waals surface area (Å²) >= 11 is 0. The molecule has 24 heavy (non-hydrogen) atoms. The largest absolute Gasteiger partial charge is 0.351 e. The number of nitrogens with one attached hydrogen (secondary N) is 2. The summed E-state index contributed by atoms with van der Waals surface area (Å²) in [5.74, 6) is 0.962. The maximum atomic E-state index is 12.6. The van der Waals surface area contributed by atoms with Gasteiger partial charge < -0.3 is 10.6 Å². The normalized spacial score (nSPS) is 33.3. The molecular formula is C20H29N3O. The minimum absolute atomic E-state index is 0.0428. The van der Waals surface area contributed by atoms with Gasteiger partial charge in [-0.25, -0.2) is 0 Å². The topological polar surface area (TPSA) is 44.4 Å². The second kappa shape index (κ2) is 7.24. The summed E-state index contributed by atoms with van der Waals surface area (Å²) in [6, 6.07) is 11.5. The SMILES string of the molecule is O=C(NC1CCN(Cc2ccccc2)C1)C1CC2CCCCC2N1. The van der Waals surface area contributed by atoms with Gasteiger partial charge in [0.15, 0.2) is 0 Å². The van der Waals surface area contributed by atoms with Crippen LogP contribution in [0.4, 0.5) is 0 Å². The molecule has 0 bridgehead atoms. The van der Waals surface area contributed by atoms with E-state index in [1.165, 1.54) is 31.2 Å². The third kappa shape index (κ3) is 3.65. The van der Waals surface area contributed by atoms with Crippen LogP contribution in [-0.2, 0) is 11.3 Å². The van der Waals surface area contributed by atoms with Gasteiger partial charge in [0.25, 0.3) is 0 Å². The Morgan fingerprint density at radius 3 is 2.83 bits per heavy atom.